The third-order valence-electron chi connectivity index (χ3n) is 2.31. The summed E-state index contributed by atoms with van der Waals surface area (Å²) in [6.07, 6.45) is 1.11. The van der Waals surface area contributed by atoms with E-state index in [0.717, 1.165) is 12.8 Å². The molecule has 0 aromatic carbocycles. The first-order valence-electron chi connectivity index (χ1n) is 4.88. The number of hydrogen-bond donors (Lipinski definition) is 3. The van der Waals surface area contributed by atoms with Gasteiger partial charge in [-0.2, -0.15) is 0 Å². The molecule has 0 heterocycles. The van der Waals surface area contributed by atoms with Crippen molar-refractivity contribution < 1.29 is 20.1 Å². The van der Waals surface area contributed by atoms with E-state index in [0.29, 0.717) is 19.1 Å². The minimum atomic E-state index is -0.989. The van der Waals surface area contributed by atoms with Gasteiger partial charge in [-0.25, -0.2) is 0 Å². The molecule has 1 saturated carbocycles. The van der Waals surface area contributed by atoms with Gasteiger partial charge in [-0.15, -0.1) is 0 Å². The molecule has 0 radical (unpaired) electrons. The van der Waals surface area contributed by atoms with Crippen LogP contribution in [-0.2, 0) is 4.79 Å². The Hall–Kier alpha value is -0.650. The van der Waals surface area contributed by atoms with Gasteiger partial charge in [0.05, 0.1) is 19.1 Å². The predicted molar refractivity (Wildman–Crippen MR) is 49.9 cm³/mol. The third kappa shape index (κ3) is 4.04. The molecule has 1 aliphatic carbocycles. The van der Waals surface area contributed by atoms with Crippen LogP contribution in [0.2, 0.25) is 0 Å². The number of nitrogens with zero attached hydrogens (tertiary/aromatic N) is 1. The van der Waals surface area contributed by atoms with E-state index < -0.39 is 12.1 Å². The molecule has 0 aromatic heterocycles. The van der Waals surface area contributed by atoms with Crippen LogP contribution in [0.25, 0.3) is 0 Å². The minimum Gasteiger partial charge on any atom is -0.481 e. The van der Waals surface area contributed by atoms with Crippen LogP contribution in [0.15, 0.2) is 0 Å². The topological polar surface area (TPSA) is 81.0 Å². The molecule has 0 spiro atoms. The van der Waals surface area contributed by atoms with Gasteiger partial charge in [0.15, 0.2) is 0 Å². The highest BCUT2D eigenvalue weighted by Gasteiger charge is 2.30. The summed E-state index contributed by atoms with van der Waals surface area (Å²) < 4.78 is 0. The van der Waals surface area contributed by atoms with Gasteiger partial charge in [-0.3, -0.25) is 9.69 Å². The van der Waals surface area contributed by atoms with E-state index in [1.165, 1.54) is 0 Å². The number of aliphatic hydroxyl groups is 2. The van der Waals surface area contributed by atoms with Gasteiger partial charge in [-0.05, 0) is 12.8 Å². The lowest BCUT2D eigenvalue weighted by molar-refractivity contribution is -0.139. The Balaban J connectivity index is 2.26. The molecule has 1 fully saturated rings. The number of aliphatic hydroxyl groups excluding tert-OH is 2. The van der Waals surface area contributed by atoms with Gasteiger partial charge in [0.25, 0.3) is 0 Å². The highest BCUT2D eigenvalue weighted by atomic mass is 16.4. The largest absolute Gasteiger partial charge is 0.481 e. The quantitative estimate of drug-likeness (QED) is 0.508. The molecule has 0 saturated heterocycles. The molecule has 0 bridgehead atoms. The van der Waals surface area contributed by atoms with E-state index in [-0.39, 0.29) is 13.0 Å². The van der Waals surface area contributed by atoms with Crippen LogP contribution in [0.3, 0.4) is 0 Å². The maximum atomic E-state index is 10.3. The SMILES string of the molecule is O=C(O)CC(O)CN(CCO)C1CC1. The van der Waals surface area contributed by atoms with E-state index in [9.17, 15) is 9.90 Å². The van der Waals surface area contributed by atoms with Crippen LogP contribution < -0.4 is 0 Å². The van der Waals surface area contributed by atoms with Gasteiger partial charge in [0.2, 0.25) is 0 Å². The zero-order chi connectivity index (χ0) is 10.6. The molecule has 82 valence electrons. The molecule has 1 aliphatic rings. The molecule has 0 aromatic rings. The summed E-state index contributed by atoms with van der Waals surface area (Å²) in [6, 6.07) is 0.436. The molecule has 0 amide bonds. The van der Waals surface area contributed by atoms with Gasteiger partial charge in [-0.1, -0.05) is 0 Å². The Morgan fingerprint density at radius 3 is 2.57 bits per heavy atom. The maximum Gasteiger partial charge on any atom is 0.306 e. The molecular formula is C9H17NO4. The number of rotatable bonds is 7. The Labute approximate surface area is 83.0 Å². The Bertz CT molecular complexity index is 193. The molecule has 3 N–H and O–H groups in total. The van der Waals surface area contributed by atoms with Crippen molar-refractivity contribution in [2.45, 2.75) is 31.4 Å². The van der Waals surface area contributed by atoms with Crippen LogP contribution in [-0.4, -0.2) is 58.0 Å². The van der Waals surface area contributed by atoms with Crippen LogP contribution in [0.4, 0.5) is 0 Å². The molecule has 0 aliphatic heterocycles. The van der Waals surface area contributed by atoms with Crippen molar-refractivity contribution in [1.82, 2.24) is 4.90 Å². The lowest BCUT2D eigenvalue weighted by Gasteiger charge is -2.23. The minimum absolute atomic E-state index is 0.0519. The fourth-order valence-electron chi connectivity index (χ4n) is 1.53. The highest BCUT2D eigenvalue weighted by molar-refractivity contribution is 5.67. The molecule has 1 rings (SSSR count). The van der Waals surface area contributed by atoms with Crippen LogP contribution in [0.1, 0.15) is 19.3 Å². The zero-order valence-electron chi connectivity index (χ0n) is 8.09. The summed E-state index contributed by atoms with van der Waals surface area (Å²) in [7, 11) is 0. The average molecular weight is 203 g/mol. The van der Waals surface area contributed by atoms with E-state index in [1.54, 1.807) is 0 Å². The third-order valence-corrected chi connectivity index (χ3v) is 2.31. The van der Waals surface area contributed by atoms with E-state index in [2.05, 4.69) is 0 Å². The molecule has 5 nitrogen and oxygen atoms in total. The van der Waals surface area contributed by atoms with E-state index in [4.69, 9.17) is 10.2 Å². The Kier molecular flexibility index (Phi) is 4.31. The van der Waals surface area contributed by atoms with Gasteiger partial charge >= 0.3 is 5.97 Å². The van der Waals surface area contributed by atoms with Crippen LogP contribution >= 0.6 is 0 Å². The number of carboxylic acid groups (broad SMARTS) is 1. The Morgan fingerprint density at radius 2 is 2.14 bits per heavy atom. The fraction of sp³-hybridized carbons (Fsp3) is 0.889. The first-order valence-corrected chi connectivity index (χ1v) is 4.88. The monoisotopic (exact) mass is 203 g/mol. The summed E-state index contributed by atoms with van der Waals surface area (Å²) in [5.41, 5.74) is 0. The van der Waals surface area contributed by atoms with Crippen molar-refractivity contribution in [3.8, 4) is 0 Å². The van der Waals surface area contributed by atoms with E-state index in [1.807, 2.05) is 4.90 Å². The molecular weight excluding hydrogens is 186 g/mol. The first-order chi connectivity index (χ1) is 6.63. The van der Waals surface area contributed by atoms with Crippen molar-refractivity contribution in [3.05, 3.63) is 0 Å². The number of aliphatic carboxylic acids is 1. The molecule has 5 heteroatoms. The molecule has 1 atom stereocenters. The van der Waals surface area contributed by atoms with Crippen molar-refractivity contribution in [2.24, 2.45) is 0 Å². The maximum absolute atomic E-state index is 10.3. The first kappa shape index (κ1) is 11.4. The lowest BCUT2D eigenvalue weighted by atomic mass is 10.2. The van der Waals surface area contributed by atoms with Gasteiger partial charge in [0.1, 0.15) is 0 Å². The normalized spacial score (nSPS) is 18.5. The summed E-state index contributed by atoms with van der Waals surface area (Å²) in [5, 5.41) is 26.6. The summed E-state index contributed by atoms with van der Waals surface area (Å²) in [4.78, 5) is 12.3. The summed E-state index contributed by atoms with van der Waals surface area (Å²) in [5.74, 6) is -0.989. The second-order valence-electron chi connectivity index (χ2n) is 3.70. The average Bonchev–Trinajstić information content (AvgIpc) is 2.83. The number of carboxylic acids is 1. The van der Waals surface area contributed by atoms with Crippen LogP contribution in [0.5, 0.6) is 0 Å². The van der Waals surface area contributed by atoms with Crippen molar-refractivity contribution in [3.63, 3.8) is 0 Å². The van der Waals surface area contributed by atoms with Crippen LogP contribution in [0, 0.1) is 0 Å². The van der Waals surface area contributed by atoms with Crippen molar-refractivity contribution in [2.75, 3.05) is 19.7 Å². The standard InChI is InChI=1S/C9H17NO4/c11-4-3-10(7-1-2-7)6-8(12)5-9(13)14/h7-8,11-12H,1-6H2,(H,13,14). The van der Waals surface area contributed by atoms with E-state index >= 15 is 0 Å². The number of hydrogen-bond acceptors (Lipinski definition) is 4. The summed E-state index contributed by atoms with van der Waals surface area (Å²) >= 11 is 0. The van der Waals surface area contributed by atoms with Crippen molar-refractivity contribution in [1.29, 1.82) is 0 Å². The smallest absolute Gasteiger partial charge is 0.306 e. The van der Waals surface area contributed by atoms with Crippen molar-refractivity contribution >= 4 is 5.97 Å². The van der Waals surface area contributed by atoms with Gasteiger partial charge in [0, 0.05) is 19.1 Å². The second-order valence-corrected chi connectivity index (χ2v) is 3.70. The Morgan fingerprint density at radius 1 is 1.50 bits per heavy atom. The summed E-state index contributed by atoms with van der Waals surface area (Å²) in [6.45, 7) is 0.912. The van der Waals surface area contributed by atoms with Gasteiger partial charge < -0.3 is 15.3 Å². The molecule has 14 heavy (non-hydrogen) atoms. The molecule has 1 unspecified atom stereocenters. The lowest BCUT2D eigenvalue weighted by Crippen LogP contribution is -2.37. The number of carbonyl (C=O) groups is 1. The predicted octanol–water partition coefficient (Wildman–Crippen LogP) is -0.721. The zero-order valence-corrected chi connectivity index (χ0v) is 8.09. The fourth-order valence-corrected chi connectivity index (χ4v) is 1.53. The highest BCUT2D eigenvalue weighted by Crippen LogP contribution is 2.26. The second kappa shape index (κ2) is 5.29.